The molecule has 1 fully saturated rings. The minimum absolute atomic E-state index is 0.00585. The minimum Gasteiger partial charge on any atom is -0.378 e. The van der Waals surface area contributed by atoms with Crippen LogP contribution in [-0.2, 0) is 9.53 Å². The van der Waals surface area contributed by atoms with Gasteiger partial charge in [-0.1, -0.05) is 12.1 Å². The lowest BCUT2D eigenvalue weighted by molar-refractivity contribution is -0.109. The van der Waals surface area contributed by atoms with Crippen molar-refractivity contribution in [2.45, 2.75) is 12.5 Å². The van der Waals surface area contributed by atoms with Gasteiger partial charge < -0.3 is 9.64 Å². The molecule has 22 heavy (non-hydrogen) atoms. The van der Waals surface area contributed by atoms with E-state index in [2.05, 4.69) is 39.2 Å². The van der Waals surface area contributed by atoms with E-state index in [1.54, 1.807) is 6.21 Å². The van der Waals surface area contributed by atoms with Gasteiger partial charge in [-0.2, -0.15) is 0 Å². The number of hydrogen-bond acceptors (Lipinski definition) is 5. The summed E-state index contributed by atoms with van der Waals surface area (Å²) in [6, 6.07) is 8.25. The van der Waals surface area contributed by atoms with Crippen molar-refractivity contribution in [1.29, 1.82) is 0 Å². The van der Waals surface area contributed by atoms with E-state index in [1.807, 2.05) is 0 Å². The van der Waals surface area contributed by atoms with Crippen molar-refractivity contribution in [2.24, 2.45) is 9.98 Å². The third-order valence-electron chi connectivity index (χ3n) is 4.32. The number of hydrogen-bond donors (Lipinski definition) is 0. The van der Waals surface area contributed by atoms with Gasteiger partial charge in [-0.3, -0.25) is 14.8 Å². The molecule has 3 aliphatic heterocycles. The second-order valence-electron chi connectivity index (χ2n) is 5.62. The number of carbonyl (C=O) groups excluding carboxylic acids is 1. The minimum atomic E-state index is -0.148. The number of rotatable bonds is 2. The van der Waals surface area contributed by atoms with E-state index in [9.17, 15) is 4.79 Å². The largest absolute Gasteiger partial charge is 0.378 e. The highest BCUT2D eigenvalue weighted by Gasteiger charge is 2.28. The zero-order valence-electron chi connectivity index (χ0n) is 12.2. The summed E-state index contributed by atoms with van der Waals surface area (Å²) in [6.45, 7) is 3.41. The number of Topliss-reactive ketones (excluding diaryl/α,β-unsaturated/α-hetero) is 1. The molecule has 0 saturated carbocycles. The van der Waals surface area contributed by atoms with E-state index in [4.69, 9.17) is 4.74 Å². The maximum atomic E-state index is 11.8. The quantitative estimate of drug-likeness (QED) is 0.838. The Kier molecular flexibility index (Phi) is 3.35. The Labute approximate surface area is 129 Å². The molecule has 5 heteroatoms. The molecule has 0 aromatic heterocycles. The van der Waals surface area contributed by atoms with Crippen LogP contribution in [0.4, 0.5) is 5.69 Å². The van der Waals surface area contributed by atoms with Crippen LogP contribution in [0.25, 0.3) is 0 Å². The van der Waals surface area contributed by atoms with Gasteiger partial charge in [-0.25, -0.2) is 0 Å². The van der Waals surface area contributed by atoms with Crippen LogP contribution in [0.2, 0.25) is 0 Å². The fourth-order valence-electron chi connectivity index (χ4n) is 3.10. The SMILES string of the molecule is O=C1C=NC(c2ccc(N3CCOCC3)cc2)C2=C1CC=N2. The Morgan fingerprint density at radius 2 is 1.91 bits per heavy atom. The molecular formula is C17H17N3O2. The Bertz CT molecular complexity index is 682. The van der Waals surface area contributed by atoms with E-state index in [-0.39, 0.29) is 11.8 Å². The average Bonchev–Trinajstić information content (AvgIpc) is 3.07. The fourth-order valence-corrected chi connectivity index (χ4v) is 3.10. The Morgan fingerprint density at radius 3 is 2.68 bits per heavy atom. The van der Waals surface area contributed by atoms with Gasteiger partial charge in [0.05, 0.1) is 25.1 Å². The van der Waals surface area contributed by atoms with Crippen LogP contribution in [0, 0.1) is 0 Å². The van der Waals surface area contributed by atoms with Crippen molar-refractivity contribution in [1.82, 2.24) is 0 Å². The first kappa shape index (κ1) is 13.4. The molecule has 1 aromatic carbocycles. The Balaban J connectivity index is 1.59. The van der Waals surface area contributed by atoms with Gasteiger partial charge in [0.2, 0.25) is 5.78 Å². The first-order valence-electron chi connectivity index (χ1n) is 7.58. The van der Waals surface area contributed by atoms with E-state index < -0.39 is 0 Å². The molecule has 0 aliphatic carbocycles. The van der Waals surface area contributed by atoms with E-state index in [0.29, 0.717) is 6.42 Å². The van der Waals surface area contributed by atoms with E-state index in [0.717, 1.165) is 43.1 Å². The zero-order valence-corrected chi connectivity index (χ0v) is 12.2. The number of morpholine rings is 1. The highest BCUT2D eigenvalue weighted by atomic mass is 16.5. The first-order valence-corrected chi connectivity index (χ1v) is 7.58. The lowest BCUT2D eigenvalue weighted by atomic mass is 9.96. The highest BCUT2D eigenvalue weighted by Crippen LogP contribution is 2.35. The van der Waals surface area contributed by atoms with Crippen LogP contribution >= 0.6 is 0 Å². The summed E-state index contributed by atoms with van der Waals surface area (Å²) < 4.78 is 5.38. The van der Waals surface area contributed by atoms with Crippen LogP contribution in [0.1, 0.15) is 18.0 Å². The molecule has 4 rings (SSSR count). The summed E-state index contributed by atoms with van der Waals surface area (Å²) in [5.74, 6) is -0.00585. The number of ketones is 1. The number of ether oxygens (including phenoxy) is 1. The molecule has 3 aliphatic rings. The molecule has 0 radical (unpaired) electrons. The fraction of sp³-hybridized carbons (Fsp3) is 0.353. The van der Waals surface area contributed by atoms with Gasteiger partial charge in [0.1, 0.15) is 6.04 Å². The molecule has 112 valence electrons. The molecule has 0 spiro atoms. The Morgan fingerprint density at radius 1 is 1.14 bits per heavy atom. The van der Waals surface area contributed by atoms with Crippen LogP contribution in [0.5, 0.6) is 0 Å². The topological polar surface area (TPSA) is 54.3 Å². The van der Waals surface area contributed by atoms with E-state index >= 15 is 0 Å². The van der Waals surface area contributed by atoms with Gasteiger partial charge in [0.25, 0.3) is 0 Å². The Hall–Kier alpha value is -2.27. The standard InChI is InChI=1S/C17H17N3O2/c21-15-11-19-16(17-14(15)5-6-18-17)12-1-3-13(4-2-12)20-7-9-22-10-8-20/h1-4,6,11,16H,5,7-10H2. The van der Waals surface area contributed by atoms with Crippen LogP contribution < -0.4 is 4.90 Å². The second-order valence-corrected chi connectivity index (χ2v) is 5.62. The summed E-state index contributed by atoms with van der Waals surface area (Å²) in [4.78, 5) is 22.9. The smallest absolute Gasteiger partial charge is 0.201 e. The van der Waals surface area contributed by atoms with Gasteiger partial charge in [-0.15, -0.1) is 0 Å². The molecule has 3 heterocycles. The third-order valence-corrected chi connectivity index (χ3v) is 4.32. The van der Waals surface area contributed by atoms with Crippen molar-refractivity contribution >= 4 is 23.9 Å². The predicted molar refractivity (Wildman–Crippen MR) is 85.8 cm³/mol. The number of anilines is 1. The lowest BCUT2D eigenvalue weighted by Gasteiger charge is -2.29. The number of aliphatic imine (C=N–C) groups is 2. The monoisotopic (exact) mass is 295 g/mol. The van der Waals surface area contributed by atoms with Crippen molar-refractivity contribution in [3.8, 4) is 0 Å². The molecule has 1 atom stereocenters. The number of dihydropyridines is 1. The van der Waals surface area contributed by atoms with Crippen molar-refractivity contribution in [3.63, 3.8) is 0 Å². The predicted octanol–water partition coefficient (Wildman–Crippen LogP) is 1.95. The first-order chi connectivity index (χ1) is 10.8. The lowest BCUT2D eigenvalue weighted by Crippen LogP contribution is -2.36. The number of nitrogens with zero attached hydrogens (tertiary/aromatic N) is 3. The highest BCUT2D eigenvalue weighted by molar-refractivity contribution is 6.37. The summed E-state index contributed by atoms with van der Waals surface area (Å²) in [5, 5.41) is 0. The van der Waals surface area contributed by atoms with E-state index in [1.165, 1.54) is 11.9 Å². The third kappa shape index (κ3) is 2.27. The van der Waals surface area contributed by atoms with Gasteiger partial charge in [0.15, 0.2) is 0 Å². The molecule has 5 nitrogen and oxygen atoms in total. The number of benzene rings is 1. The van der Waals surface area contributed by atoms with Crippen LogP contribution in [0.15, 0.2) is 45.5 Å². The van der Waals surface area contributed by atoms with Gasteiger partial charge in [0, 0.05) is 37.0 Å². The molecule has 0 amide bonds. The molecule has 1 unspecified atom stereocenters. The maximum absolute atomic E-state index is 11.8. The van der Waals surface area contributed by atoms with Crippen molar-refractivity contribution in [3.05, 3.63) is 41.1 Å². The zero-order chi connectivity index (χ0) is 14.9. The van der Waals surface area contributed by atoms with Gasteiger partial charge in [-0.05, 0) is 17.7 Å². The van der Waals surface area contributed by atoms with Crippen molar-refractivity contribution < 1.29 is 9.53 Å². The molecular weight excluding hydrogens is 278 g/mol. The normalized spacial score (nSPS) is 24.1. The van der Waals surface area contributed by atoms with Gasteiger partial charge >= 0.3 is 0 Å². The maximum Gasteiger partial charge on any atom is 0.201 e. The summed E-state index contributed by atoms with van der Waals surface area (Å²) >= 11 is 0. The molecule has 0 N–H and O–H groups in total. The van der Waals surface area contributed by atoms with Crippen LogP contribution in [0.3, 0.4) is 0 Å². The second kappa shape index (κ2) is 5.50. The summed E-state index contributed by atoms with van der Waals surface area (Å²) in [7, 11) is 0. The molecule has 1 aromatic rings. The average molecular weight is 295 g/mol. The summed E-state index contributed by atoms with van der Waals surface area (Å²) in [6.07, 6.45) is 3.86. The van der Waals surface area contributed by atoms with Crippen molar-refractivity contribution in [2.75, 3.05) is 31.2 Å². The number of carbonyl (C=O) groups is 1. The number of allylic oxidation sites excluding steroid dienone is 1. The summed E-state index contributed by atoms with van der Waals surface area (Å²) in [5.41, 5.74) is 3.88. The molecule has 1 saturated heterocycles. The van der Waals surface area contributed by atoms with Crippen LogP contribution in [-0.4, -0.2) is 44.5 Å². The molecule has 0 bridgehead atoms.